The molecular formula is C22H23NO4. The maximum Gasteiger partial charge on any atom is 0.231 e. The Morgan fingerprint density at radius 3 is 2.37 bits per heavy atom. The highest BCUT2D eigenvalue weighted by Crippen LogP contribution is 2.28. The zero-order chi connectivity index (χ0) is 19.2. The molecule has 5 nitrogen and oxygen atoms in total. The van der Waals surface area contributed by atoms with Crippen LogP contribution >= 0.6 is 0 Å². The number of amides is 1. The number of benzene rings is 2. The van der Waals surface area contributed by atoms with E-state index in [-0.39, 0.29) is 12.3 Å². The quantitative estimate of drug-likeness (QED) is 0.623. The monoisotopic (exact) mass is 365 g/mol. The van der Waals surface area contributed by atoms with E-state index in [1.54, 1.807) is 25.4 Å². The van der Waals surface area contributed by atoms with Crippen molar-refractivity contribution >= 4 is 11.6 Å². The number of carbonyl (C=O) groups excluding carboxylic acids is 1. The lowest BCUT2D eigenvalue weighted by Crippen LogP contribution is -2.31. The number of rotatable bonds is 7. The zero-order valence-electron chi connectivity index (χ0n) is 15.8. The van der Waals surface area contributed by atoms with E-state index in [0.717, 1.165) is 22.6 Å². The second-order valence-electron chi connectivity index (χ2n) is 6.26. The van der Waals surface area contributed by atoms with Gasteiger partial charge in [0.1, 0.15) is 5.76 Å². The van der Waals surface area contributed by atoms with Gasteiger partial charge in [0, 0.05) is 5.69 Å². The third kappa shape index (κ3) is 4.50. The van der Waals surface area contributed by atoms with Gasteiger partial charge in [0.25, 0.3) is 0 Å². The van der Waals surface area contributed by atoms with E-state index >= 15 is 0 Å². The van der Waals surface area contributed by atoms with Crippen LogP contribution in [0.5, 0.6) is 11.5 Å². The standard InChI is InChI=1S/C22H23NO4/c1-16-6-9-18(10-7-16)23(15-19-5-4-12-27-19)22(24)14-17-8-11-20(25-2)21(13-17)26-3/h4-13H,14-15H2,1-3H3. The van der Waals surface area contributed by atoms with Gasteiger partial charge < -0.3 is 18.8 Å². The van der Waals surface area contributed by atoms with E-state index in [1.165, 1.54) is 0 Å². The summed E-state index contributed by atoms with van der Waals surface area (Å²) < 4.78 is 16.0. The van der Waals surface area contributed by atoms with Crippen LogP contribution in [0, 0.1) is 6.92 Å². The minimum absolute atomic E-state index is 0.0255. The van der Waals surface area contributed by atoms with Gasteiger partial charge >= 0.3 is 0 Å². The van der Waals surface area contributed by atoms with Crippen LogP contribution in [0.25, 0.3) is 0 Å². The Bertz CT molecular complexity index is 885. The van der Waals surface area contributed by atoms with Crippen LogP contribution < -0.4 is 14.4 Å². The van der Waals surface area contributed by atoms with E-state index in [0.29, 0.717) is 18.0 Å². The van der Waals surface area contributed by atoms with E-state index in [4.69, 9.17) is 13.9 Å². The van der Waals surface area contributed by atoms with Gasteiger partial charge in [-0.25, -0.2) is 0 Å². The predicted octanol–water partition coefficient (Wildman–Crippen LogP) is 4.38. The van der Waals surface area contributed by atoms with Gasteiger partial charge in [0.2, 0.25) is 5.91 Å². The summed E-state index contributed by atoms with van der Waals surface area (Å²) in [6.45, 7) is 2.40. The topological polar surface area (TPSA) is 51.9 Å². The van der Waals surface area contributed by atoms with Crippen molar-refractivity contribution in [1.82, 2.24) is 0 Å². The summed E-state index contributed by atoms with van der Waals surface area (Å²) in [5.41, 5.74) is 2.83. The highest BCUT2D eigenvalue weighted by molar-refractivity contribution is 5.94. The Hall–Kier alpha value is -3.21. The molecule has 0 saturated heterocycles. The Kier molecular flexibility index (Phi) is 5.81. The van der Waals surface area contributed by atoms with Crippen molar-refractivity contribution in [1.29, 1.82) is 0 Å². The summed E-state index contributed by atoms with van der Waals surface area (Å²) in [6, 6.07) is 17.1. The lowest BCUT2D eigenvalue weighted by Gasteiger charge is -2.22. The first-order valence-electron chi connectivity index (χ1n) is 8.71. The van der Waals surface area contributed by atoms with Gasteiger partial charge in [-0.3, -0.25) is 4.79 Å². The number of anilines is 1. The normalized spacial score (nSPS) is 10.5. The maximum absolute atomic E-state index is 13.1. The molecule has 1 heterocycles. The molecule has 0 aliphatic carbocycles. The Labute approximate surface area is 159 Å². The average molecular weight is 365 g/mol. The Balaban J connectivity index is 1.85. The average Bonchev–Trinajstić information content (AvgIpc) is 3.20. The highest BCUT2D eigenvalue weighted by Gasteiger charge is 2.19. The van der Waals surface area contributed by atoms with Crippen LogP contribution in [0.1, 0.15) is 16.9 Å². The molecule has 0 saturated carbocycles. The third-order valence-corrected chi connectivity index (χ3v) is 4.34. The molecule has 3 aromatic rings. The molecule has 0 unspecified atom stereocenters. The predicted molar refractivity (Wildman–Crippen MR) is 104 cm³/mol. The summed E-state index contributed by atoms with van der Waals surface area (Å²) >= 11 is 0. The van der Waals surface area contributed by atoms with Gasteiger partial charge in [-0.1, -0.05) is 23.8 Å². The van der Waals surface area contributed by atoms with Crippen molar-refractivity contribution in [2.24, 2.45) is 0 Å². The van der Waals surface area contributed by atoms with Gasteiger partial charge in [-0.05, 0) is 48.9 Å². The van der Waals surface area contributed by atoms with Crippen LogP contribution in [0.3, 0.4) is 0 Å². The van der Waals surface area contributed by atoms with E-state index in [1.807, 2.05) is 61.5 Å². The molecule has 1 amide bonds. The summed E-state index contributed by atoms with van der Waals surface area (Å²) in [5, 5.41) is 0. The van der Waals surface area contributed by atoms with Gasteiger partial charge in [-0.2, -0.15) is 0 Å². The fourth-order valence-corrected chi connectivity index (χ4v) is 2.87. The number of carbonyl (C=O) groups is 1. The Morgan fingerprint density at radius 1 is 1.00 bits per heavy atom. The van der Waals surface area contributed by atoms with E-state index in [9.17, 15) is 4.79 Å². The van der Waals surface area contributed by atoms with Crippen molar-refractivity contribution in [3.05, 3.63) is 77.7 Å². The fourth-order valence-electron chi connectivity index (χ4n) is 2.87. The van der Waals surface area contributed by atoms with Gasteiger partial charge in [-0.15, -0.1) is 0 Å². The number of furan rings is 1. The molecule has 3 rings (SSSR count). The van der Waals surface area contributed by atoms with Crippen LogP contribution in [0.4, 0.5) is 5.69 Å². The molecule has 5 heteroatoms. The first kappa shape index (κ1) is 18.6. The largest absolute Gasteiger partial charge is 0.493 e. The minimum Gasteiger partial charge on any atom is -0.493 e. The van der Waals surface area contributed by atoms with Crippen molar-refractivity contribution in [3.63, 3.8) is 0 Å². The first-order valence-corrected chi connectivity index (χ1v) is 8.71. The molecule has 0 spiro atoms. The lowest BCUT2D eigenvalue weighted by molar-refractivity contribution is -0.118. The second kappa shape index (κ2) is 8.45. The molecule has 0 aliphatic rings. The number of hydrogen-bond donors (Lipinski definition) is 0. The molecule has 27 heavy (non-hydrogen) atoms. The molecule has 1 aromatic heterocycles. The summed E-state index contributed by atoms with van der Waals surface area (Å²) in [5.74, 6) is 1.95. The van der Waals surface area contributed by atoms with Crippen LogP contribution in [0.15, 0.2) is 65.3 Å². The molecule has 0 N–H and O–H groups in total. The molecule has 2 aromatic carbocycles. The number of methoxy groups -OCH3 is 2. The molecule has 0 aliphatic heterocycles. The SMILES string of the molecule is COc1ccc(CC(=O)N(Cc2ccco2)c2ccc(C)cc2)cc1OC. The van der Waals surface area contributed by atoms with Gasteiger partial charge in [0.15, 0.2) is 11.5 Å². The smallest absolute Gasteiger partial charge is 0.231 e. The summed E-state index contributed by atoms with van der Waals surface area (Å²) in [6.07, 6.45) is 1.86. The molecule has 0 radical (unpaired) electrons. The minimum atomic E-state index is -0.0255. The lowest BCUT2D eigenvalue weighted by atomic mass is 10.1. The van der Waals surface area contributed by atoms with Crippen molar-refractivity contribution < 1.29 is 18.7 Å². The van der Waals surface area contributed by atoms with Crippen LogP contribution in [-0.4, -0.2) is 20.1 Å². The fraction of sp³-hybridized carbons (Fsp3) is 0.227. The number of hydrogen-bond acceptors (Lipinski definition) is 4. The second-order valence-corrected chi connectivity index (χ2v) is 6.26. The maximum atomic E-state index is 13.1. The first-order chi connectivity index (χ1) is 13.1. The number of nitrogens with zero attached hydrogens (tertiary/aromatic N) is 1. The summed E-state index contributed by atoms with van der Waals surface area (Å²) in [4.78, 5) is 14.8. The molecular weight excluding hydrogens is 342 g/mol. The molecule has 0 bridgehead atoms. The summed E-state index contributed by atoms with van der Waals surface area (Å²) in [7, 11) is 3.17. The van der Waals surface area contributed by atoms with Crippen molar-refractivity contribution in [2.45, 2.75) is 19.9 Å². The van der Waals surface area contributed by atoms with Gasteiger partial charge in [0.05, 0.1) is 33.4 Å². The molecule has 0 atom stereocenters. The van der Waals surface area contributed by atoms with Crippen LogP contribution in [-0.2, 0) is 17.8 Å². The number of ether oxygens (including phenoxy) is 2. The van der Waals surface area contributed by atoms with Crippen molar-refractivity contribution in [2.75, 3.05) is 19.1 Å². The van der Waals surface area contributed by atoms with E-state index in [2.05, 4.69) is 0 Å². The zero-order valence-corrected chi connectivity index (χ0v) is 15.8. The van der Waals surface area contributed by atoms with E-state index < -0.39 is 0 Å². The highest BCUT2D eigenvalue weighted by atomic mass is 16.5. The van der Waals surface area contributed by atoms with Crippen molar-refractivity contribution in [3.8, 4) is 11.5 Å². The Morgan fingerprint density at radius 2 is 1.74 bits per heavy atom. The van der Waals surface area contributed by atoms with Crippen LogP contribution in [0.2, 0.25) is 0 Å². The molecule has 140 valence electrons. The third-order valence-electron chi connectivity index (χ3n) is 4.34. The molecule has 0 fully saturated rings. The number of aryl methyl sites for hydroxylation is 1.